The molecule has 2 aromatic rings. The van der Waals surface area contributed by atoms with E-state index in [-0.39, 0.29) is 24.5 Å². The highest BCUT2D eigenvalue weighted by Gasteiger charge is 2.32. The monoisotopic (exact) mass is 388 g/mol. The highest BCUT2D eigenvalue weighted by molar-refractivity contribution is 7.07. The molecule has 1 saturated heterocycles. The number of hydrogen-bond acceptors (Lipinski definition) is 6. The average molecular weight is 388 g/mol. The minimum Gasteiger partial charge on any atom is -0.370 e. The van der Waals surface area contributed by atoms with Crippen LogP contribution in [0.5, 0.6) is 0 Å². The van der Waals surface area contributed by atoms with Crippen molar-refractivity contribution in [1.29, 1.82) is 0 Å². The van der Waals surface area contributed by atoms with Gasteiger partial charge in [-0.15, -0.1) is 11.3 Å². The van der Waals surface area contributed by atoms with E-state index in [4.69, 9.17) is 4.74 Å². The molecule has 0 saturated carbocycles. The van der Waals surface area contributed by atoms with E-state index in [1.807, 2.05) is 12.1 Å². The Labute approximate surface area is 163 Å². The summed E-state index contributed by atoms with van der Waals surface area (Å²) in [5, 5.41) is 1.70. The van der Waals surface area contributed by atoms with E-state index >= 15 is 0 Å². The zero-order chi connectivity index (χ0) is 19.2. The van der Waals surface area contributed by atoms with Crippen molar-refractivity contribution in [2.75, 3.05) is 26.2 Å². The molecule has 1 unspecified atom stereocenters. The lowest BCUT2D eigenvalue weighted by Gasteiger charge is -2.26. The van der Waals surface area contributed by atoms with Gasteiger partial charge in [0.25, 0.3) is 5.91 Å². The Morgan fingerprint density at radius 1 is 1.41 bits per heavy atom. The van der Waals surface area contributed by atoms with E-state index in [9.17, 15) is 9.59 Å². The molecule has 1 aliphatic rings. The number of rotatable bonds is 6. The summed E-state index contributed by atoms with van der Waals surface area (Å²) >= 11 is 1.36. The van der Waals surface area contributed by atoms with Crippen molar-refractivity contribution in [3.8, 4) is 0 Å². The minimum absolute atomic E-state index is 0.0514. The van der Waals surface area contributed by atoms with Gasteiger partial charge in [0.2, 0.25) is 5.91 Å². The van der Waals surface area contributed by atoms with E-state index in [0.29, 0.717) is 37.9 Å². The zero-order valence-electron chi connectivity index (χ0n) is 15.6. The number of aromatic nitrogens is 2. The third kappa shape index (κ3) is 5.33. The Bertz CT molecular complexity index is 752. The number of carbonyl (C=O) groups is 2. The molecule has 0 bridgehead atoms. The maximum absolute atomic E-state index is 12.7. The lowest BCUT2D eigenvalue weighted by Crippen LogP contribution is -2.40. The van der Waals surface area contributed by atoms with Crippen molar-refractivity contribution in [2.24, 2.45) is 5.92 Å². The highest BCUT2D eigenvalue weighted by Crippen LogP contribution is 2.15. The van der Waals surface area contributed by atoms with Gasteiger partial charge in [0.1, 0.15) is 12.2 Å². The van der Waals surface area contributed by atoms with Crippen LogP contribution in [0, 0.1) is 5.92 Å². The molecular formula is C19H24N4O3S. The van der Waals surface area contributed by atoms with Crippen molar-refractivity contribution in [2.45, 2.75) is 26.6 Å². The van der Waals surface area contributed by atoms with Gasteiger partial charge in [-0.3, -0.25) is 14.6 Å². The van der Waals surface area contributed by atoms with Crippen LogP contribution in [-0.2, 0) is 16.1 Å². The molecule has 144 valence electrons. The molecule has 0 spiro atoms. The second-order valence-corrected chi connectivity index (χ2v) is 7.76. The molecule has 3 rings (SSSR count). The number of nitrogens with zero attached hydrogens (tertiary/aromatic N) is 4. The summed E-state index contributed by atoms with van der Waals surface area (Å²) in [6.45, 7) is 6.06. The van der Waals surface area contributed by atoms with Crippen molar-refractivity contribution in [3.05, 3.63) is 46.7 Å². The molecule has 0 aromatic carbocycles. The van der Waals surface area contributed by atoms with Crippen molar-refractivity contribution in [3.63, 3.8) is 0 Å². The number of ether oxygens (including phenoxy) is 1. The van der Waals surface area contributed by atoms with Crippen molar-refractivity contribution < 1.29 is 14.3 Å². The van der Waals surface area contributed by atoms with Gasteiger partial charge in [0.15, 0.2) is 0 Å². The van der Waals surface area contributed by atoms with Gasteiger partial charge < -0.3 is 14.5 Å². The summed E-state index contributed by atoms with van der Waals surface area (Å²) in [6, 6.07) is 3.80. The normalized spacial score (nSPS) is 18.0. The first-order chi connectivity index (χ1) is 13.0. The molecule has 0 radical (unpaired) electrons. The molecule has 27 heavy (non-hydrogen) atoms. The van der Waals surface area contributed by atoms with Gasteiger partial charge in [-0.25, -0.2) is 4.98 Å². The summed E-state index contributed by atoms with van der Waals surface area (Å²) in [4.78, 5) is 37.0. The molecule has 2 aromatic heterocycles. The topological polar surface area (TPSA) is 75.6 Å². The largest absolute Gasteiger partial charge is 0.370 e. The van der Waals surface area contributed by atoms with Crippen LogP contribution >= 0.6 is 11.3 Å². The Hall–Kier alpha value is -2.32. The number of thiazole rings is 1. The highest BCUT2D eigenvalue weighted by atomic mass is 32.1. The first kappa shape index (κ1) is 19.4. The fourth-order valence-electron chi connectivity index (χ4n) is 3.03. The summed E-state index contributed by atoms with van der Waals surface area (Å²) in [7, 11) is 0. The fourth-order valence-corrected chi connectivity index (χ4v) is 3.56. The van der Waals surface area contributed by atoms with Crippen LogP contribution in [0.25, 0.3) is 0 Å². The summed E-state index contributed by atoms with van der Waals surface area (Å²) < 4.78 is 6.06. The number of carbonyl (C=O) groups excluding carboxylic acids is 2. The smallest absolute Gasteiger partial charge is 0.273 e. The van der Waals surface area contributed by atoms with E-state index in [1.165, 1.54) is 11.3 Å². The zero-order valence-corrected chi connectivity index (χ0v) is 16.4. The summed E-state index contributed by atoms with van der Waals surface area (Å²) in [5.41, 5.74) is 2.95. The first-order valence-corrected chi connectivity index (χ1v) is 9.93. The second-order valence-electron chi connectivity index (χ2n) is 7.05. The molecule has 1 aliphatic heterocycles. The lowest BCUT2D eigenvalue weighted by molar-refractivity contribution is -0.132. The van der Waals surface area contributed by atoms with Gasteiger partial charge in [0, 0.05) is 37.4 Å². The predicted molar refractivity (Wildman–Crippen MR) is 102 cm³/mol. The standard InChI is InChI=1S/C19H24N4O3S/c1-14(2)7-22-8-16(26-11-15-4-3-5-20-6-15)9-23(10-18(22)24)19(25)17-12-27-13-21-17/h3-6,12-14,16H,7-11H2,1-2H3. The predicted octanol–water partition coefficient (Wildman–Crippen LogP) is 2.06. The van der Waals surface area contributed by atoms with Crippen LogP contribution < -0.4 is 0 Å². The van der Waals surface area contributed by atoms with Gasteiger partial charge >= 0.3 is 0 Å². The molecule has 8 heteroatoms. The molecule has 2 amide bonds. The molecule has 1 fully saturated rings. The molecule has 1 atom stereocenters. The van der Waals surface area contributed by atoms with Gasteiger partial charge in [-0.1, -0.05) is 19.9 Å². The Morgan fingerprint density at radius 3 is 2.93 bits per heavy atom. The summed E-state index contributed by atoms with van der Waals surface area (Å²) in [6.07, 6.45) is 3.20. The van der Waals surface area contributed by atoms with Crippen LogP contribution in [-0.4, -0.2) is 63.9 Å². The van der Waals surface area contributed by atoms with E-state index in [0.717, 1.165) is 5.56 Å². The van der Waals surface area contributed by atoms with Crippen molar-refractivity contribution in [1.82, 2.24) is 19.8 Å². The summed E-state index contributed by atoms with van der Waals surface area (Å²) in [5.74, 6) is 0.0550. The average Bonchev–Trinajstić information content (AvgIpc) is 3.14. The maximum atomic E-state index is 12.7. The molecule has 0 aliphatic carbocycles. The van der Waals surface area contributed by atoms with Crippen LogP contribution in [0.2, 0.25) is 0 Å². The van der Waals surface area contributed by atoms with Crippen LogP contribution in [0.1, 0.15) is 29.9 Å². The fraction of sp³-hybridized carbons (Fsp3) is 0.474. The Kier molecular flexibility index (Phi) is 6.52. The van der Waals surface area contributed by atoms with E-state index in [2.05, 4.69) is 23.8 Å². The van der Waals surface area contributed by atoms with E-state index < -0.39 is 0 Å². The maximum Gasteiger partial charge on any atom is 0.273 e. The van der Waals surface area contributed by atoms with Gasteiger partial charge in [-0.2, -0.15) is 0 Å². The SMILES string of the molecule is CC(C)CN1CC(OCc2cccnc2)CN(C(=O)c2cscn2)CC1=O. The third-order valence-corrected chi connectivity index (χ3v) is 4.85. The molecule has 7 nitrogen and oxygen atoms in total. The number of pyridine rings is 1. The van der Waals surface area contributed by atoms with E-state index in [1.54, 1.807) is 33.1 Å². The number of amides is 2. The molecular weight excluding hydrogens is 364 g/mol. The van der Waals surface area contributed by atoms with Crippen molar-refractivity contribution >= 4 is 23.2 Å². The second kappa shape index (κ2) is 9.05. The van der Waals surface area contributed by atoms with Gasteiger partial charge in [0.05, 0.1) is 18.2 Å². The van der Waals surface area contributed by atoms with Crippen LogP contribution in [0.4, 0.5) is 0 Å². The first-order valence-electron chi connectivity index (χ1n) is 8.98. The lowest BCUT2D eigenvalue weighted by atomic mass is 10.2. The van der Waals surface area contributed by atoms with Gasteiger partial charge in [-0.05, 0) is 17.5 Å². The Morgan fingerprint density at radius 2 is 2.26 bits per heavy atom. The van der Waals surface area contributed by atoms with Crippen LogP contribution in [0.15, 0.2) is 35.4 Å². The quantitative estimate of drug-likeness (QED) is 0.757. The molecule has 0 N–H and O–H groups in total. The Balaban J connectivity index is 1.74. The number of hydrogen-bond donors (Lipinski definition) is 0. The third-order valence-electron chi connectivity index (χ3n) is 4.26. The van der Waals surface area contributed by atoms with Crippen LogP contribution in [0.3, 0.4) is 0 Å². The minimum atomic E-state index is -0.266. The molecule has 3 heterocycles.